The molecule has 1 amide bonds. The van der Waals surface area contributed by atoms with Crippen molar-refractivity contribution < 1.29 is 19.0 Å². The molecule has 0 aliphatic rings. The monoisotopic (exact) mass is 270 g/mol. The van der Waals surface area contributed by atoms with Crippen LogP contribution in [0.4, 0.5) is 10.1 Å². The molecule has 0 bridgehead atoms. The number of carbonyl (C=O) groups is 1. The number of ether oxygens (including phenoxy) is 1. The first kappa shape index (κ1) is 15.6. The zero-order valence-corrected chi connectivity index (χ0v) is 10.9. The maximum absolute atomic E-state index is 12.7. The summed E-state index contributed by atoms with van der Waals surface area (Å²) in [6.45, 7) is 0.932. The third-order valence-corrected chi connectivity index (χ3v) is 2.43. The summed E-state index contributed by atoms with van der Waals surface area (Å²) in [4.78, 5) is 11.5. The number of halogens is 1. The first-order valence-corrected chi connectivity index (χ1v) is 6.05. The number of methoxy groups -OCH3 is 1. The van der Waals surface area contributed by atoms with Crippen LogP contribution in [0.25, 0.3) is 0 Å². The third-order valence-electron chi connectivity index (χ3n) is 2.43. The first-order chi connectivity index (χ1) is 9.11. The van der Waals surface area contributed by atoms with Gasteiger partial charge in [0, 0.05) is 12.8 Å². The molecule has 0 radical (unpaired) electrons. The normalized spacial score (nSPS) is 12.2. The molecule has 0 aliphatic carbocycles. The minimum atomic E-state index is -0.530. The lowest BCUT2D eigenvalue weighted by molar-refractivity contribution is -0.115. The molecule has 0 fully saturated rings. The van der Waals surface area contributed by atoms with E-state index >= 15 is 0 Å². The van der Waals surface area contributed by atoms with Crippen LogP contribution in [-0.2, 0) is 9.53 Å². The van der Waals surface area contributed by atoms with Crippen LogP contribution in [-0.4, -0.2) is 43.9 Å². The molecule has 0 saturated heterocycles. The molecule has 0 spiro atoms. The summed E-state index contributed by atoms with van der Waals surface area (Å²) >= 11 is 0. The molecule has 0 aliphatic heterocycles. The Morgan fingerprint density at radius 3 is 2.74 bits per heavy atom. The summed E-state index contributed by atoms with van der Waals surface area (Å²) in [5, 5.41) is 14.9. The Morgan fingerprint density at radius 1 is 1.42 bits per heavy atom. The van der Waals surface area contributed by atoms with Gasteiger partial charge < -0.3 is 20.5 Å². The molecule has 1 atom stereocenters. The lowest BCUT2D eigenvalue weighted by Crippen LogP contribution is -2.31. The zero-order valence-electron chi connectivity index (χ0n) is 10.9. The highest BCUT2D eigenvalue weighted by molar-refractivity contribution is 5.92. The van der Waals surface area contributed by atoms with Gasteiger partial charge in [-0.2, -0.15) is 0 Å². The molecular formula is C13H19FN2O3. The van der Waals surface area contributed by atoms with Crippen molar-refractivity contribution in [2.24, 2.45) is 0 Å². The number of hydrogen-bond acceptors (Lipinski definition) is 4. The summed E-state index contributed by atoms with van der Waals surface area (Å²) in [6.07, 6.45) is -0.0184. The summed E-state index contributed by atoms with van der Waals surface area (Å²) in [5.41, 5.74) is 0.549. The van der Waals surface area contributed by atoms with Gasteiger partial charge in [0.2, 0.25) is 5.91 Å². The van der Waals surface area contributed by atoms with E-state index in [1.165, 1.54) is 31.4 Å². The standard InChI is InChI=1S/C13H19FN2O3/c1-19-9-12(17)6-7-15-8-13(18)16-11-4-2-10(14)3-5-11/h2-5,12,15,17H,6-9H2,1H3,(H,16,18). The number of anilines is 1. The van der Waals surface area contributed by atoms with E-state index in [1.807, 2.05) is 0 Å². The molecule has 3 N–H and O–H groups in total. The van der Waals surface area contributed by atoms with Crippen LogP contribution in [0.3, 0.4) is 0 Å². The Labute approximate surface area is 111 Å². The van der Waals surface area contributed by atoms with Gasteiger partial charge in [0.05, 0.1) is 19.3 Å². The predicted octanol–water partition coefficient (Wildman–Crippen LogP) is 0.751. The Kier molecular flexibility index (Phi) is 7.02. The first-order valence-electron chi connectivity index (χ1n) is 6.05. The van der Waals surface area contributed by atoms with Gasteiger partial charge in [-0.1, -0.05) is 0 Å². The second-order valence-corrected chi connectivity index (χ2v) is 4.13. The lowest BCUT2D eigenvalue weighted by Gasteiger charge is -2.10. The maximum Gasteiger partial charge on any atom is 0.238 e. The number of aliphatic hydroxyl groups excluding tert-OH is 1. The molecule has 0 aromatic heterocycles. The van der Waals surface area contributed by atoms with Crippen molar-refractivity contribution in [3.05, 3.63) is 30.1 Å². The molecule has 1 aromatic carbocycles. The Balaban J connectivity index is 2.16. The molecule has 1 rings (SSSR count). The van der Waals surface area contributed by atoms with E-state index in [0.717, 1.165) is 0 Å². The highest BCUT2D eigenvalue weighted by Crippen LogP contribution is 2.07. The van der Waals surface area contributed by atoms with Gasteiger partial charge in [-0.05, 0) is 37.2 Å². The zero-order chi connectivity index (χ0) is 14.1. The fourth-order valence-corrected chi connectivity index (χ4v) is 1.48. The van der Waals surface area contributed by atoms with Crippen molar-refractivity contribution in [2.75, 3.05) is 32.1 Å². The number of hydrogen-bond donors (Lipinski definition) is 3. The fourth-order valence-electron chi connectivity index (χ4n) is 1.48. The minimum absolute atomic E-state index is 0.136. The number of aliphatic hydroxyl groups is 1. The quantitative estimate of drug-likeness (QED) is 0.610. The molecule has 1 aromatic rings. The Bertz CT molecular complexity index is 384. The van der Waals surface area contributed by atoms with Gasteiger partial charge in [-0.15, -0.1) is 0 Å². The van der Waals surface area contributed by atoms with Crippen LogP contribution < -0.4 is 10.6 Å². The fraction of sp³-hybridized carbons (Fsp3) is 0.462. The van der Waals surface area contributed by atoms with Crippen molar-refractivity contribution in [1.29, 1.82) is 0 Å². The molecule has 0 saturated carbocycles. The summed E-state index contributed by atoms with van der Waals surface area (Å²) < 4.78 is 17.4. The average molecular weight is 270 g/mol. The van der Waals surface area contributed by atoms with Gasteiger partial charge >= 0.3 is 0 Å². The smallest absolute Gasteiger partial charge is 0.238 e. The van der Waals surface area contributed by atoms with Crippen LogP contribution in [0.5, 0.6) is 0 Å². The van der Waals surface area contributed by atoms with Crippen LogP contribution in [0, 0.1) is 5.82 Å². The predicted molar refractivity (Wildman–Crippen MR) is 70.4 cm³/mol. The van der Waals surface area contributed by atoms with Gasteiger partial charge in [-0.25, -0.2) is 4.39 Å². The lowest BCUT2D eigenvalue weighted by atomic mass is 10.2. The molecule has 19 heavy (non-hydrogen) atoms. The SMILES string of the molecule is COCC(O)CCNCC(=O)Nc1ccc(F)cc1. The highest BCUT2D eigenvalue weighted by atomic mass is 19.1. The number of nitrogens with one attached hydrogen (secondary N) is 2. The van der Waals surface area contributed by atoms with Gasteiger partial charge in [0.25, 0.3) is 0 Å². The Morgan fingerprint density at radius 2 is 2.11 bits per heavy atom. The molecule has 1 unspecified atom stereocenters. The van der Waals surface area contributed by atoms with E-state index < -0.39 is 6.10 Å². The summed E-state index contributed by atoms with van der Waals surface area (Å²) in [5.74, 6) is -0.559. The second kappa shape index (κ2) is 8.58. The van der Waals surface area contributed by atoms with E-state index in [4.69, 9.17) is 4.74 Å². The molecule has 0 heterocycles. The van der Waals surface area contributed by atoms with Crippen molar-refractivity contribution in [2.45, 2.75) is 12.5 Å². The van der Waals surface area contributed by atoms with Gasteiger partial charge in [0.1, 0.15) is 5.82 Å². The van der Waals surface area contributed by atoms with E-state index in [1.54, 1.807) is 0 Å². The van der Waals surface area contributed by atoms with E-state index in [9.17, 15) is 14.3 Å². The number of benzene rings is 1. The maximum atomic E-state index is 12.7. The molecular weight excluding hydrogens is 251 g/mol. The van der Waals surface area contributed by atoms with Crippen molar-refractivity contribution >= 4 is 11.6 Å². The Hall–Kier alpha value is -1.50. The average Bonchev–Trinajstić information content (AvgIpc) is 2.38. The van der Waals surface area contributed by atoms with Crippen molar-refractivity contribution in [3.63, 3.8) is 0 Å². The van der Waals surface area contributed by atoms with Gasteiger partial charge in [-0.3, -0.25) is 4.79 Å². The topological polar surface area (TPSA) is 70.6 Å². The van der Waals surface area contributed by atoms with Crippen molar-refractivity contribution in [3.8, 4) is 0 Å². The summed E-state index contributed by atoms with van der Waals surface area (Å²) in [6, 6.07) is 5.56. The molecule has 6 heteroatoms. The highest BCUT2D eigenvalue weighted by Gasteiger charge is 2.05. The molecule has 5 nitrogen and oxygen atoms in total. The minimum Gasteiger partial charge on any atom is -0.391 e. The van der Waals surface area contributed by atoms with E-state index in [-0.39, 0.29) is 24.9 Å². The number of amides is 1. The van der Waals surface area contributed by atoms with Crippen LogP contribution >= 0.6 is 0 Å². The van der Waals surface area contributed by atoms with Crippen LogP contribution in [0.1, 0.15) is 6.42 Å². The third kappa shape index (κ3) is 6.85. The van der Waals surface area contributed by atoms with Crippen LogP contribution in [0.15, 0.2) is 24.3 Å². The number of rotatable bonds is 8. The molecule has 106 valence electrons. The van der Waals surface area contributed by atoms with E-state index in [0.29, 0.717) is 18.7 Å². The van der Waals surface area contributed by atoms with E-state index in [2.05, 4.69) is 10.6 Å². The van der Waals surface area contributed by atoms with Crippen molar-refractivity contribution in [1.82, 2.24) is 5.32 Å². The largest absolute Gasteiger partial charge is 0.391 e. The van der Waals surface area contributed by atoms with Gasteiger partial charge in [0.15, 0.2) is 0 Å². The summed E-state index contributed by atoms with van der Waals surface area (Å²) in [7, 11) is 1.52. The number of carbonyl (C=O) groups excluding carboxylic acids is 1. The van der Waals surface area contributed by atoms with Crippen LogP contribution in [0.2, 0.25) is 0 Å². The second-order valence-electron chi connectivity index (χ2n) is 4.13.